The van der Waals surface area contributed by atoms with Crippen molar-refractivity contribution >= 4 is 5.91 Å². The molecule has 0 saturated carbocycles. The third kappa shape index (κ3) is 4.54. The van der Waals surface area contributed by atoms with Gasteiger partial charge in [-0.25, -0.2) is 0 Å². The van der Waals surface area contributed by atoms with Crippen molar-refractivity contribution in [3.63, 3.8) is 0 Å². The Kier molecular flexibility index (Phi) is 5.99. The van der Waals surface area contributed by atoms with Gasteiger partial charge in [-0.15, -0.1) is 6.42 Å². The van der Waals surface area contributed by atoms with Crippen LogP contribution < -0.4 is 10.6 Å². The predicted octanol–water partition coefficient (Wildman–Crippen LogP) is 0.512. The zero-order chi connectivity index (χ0) is 10.3. The molecule has 0 fully saturated rings. The Morgan fingerprint density at radius 1 is 1.62 bits per heavy atom. The highest BCUT2D eigenvalue weighted by atomic mass is 16.2. The highest BCUT2D eigenvalue weighted by Gasteiger charge is 2.13. The van der Waals surface area contributed by atoms with Crippen molar-refractivity contribution in [2.24, 2.45) is 0 Å². The molecule has 0 spiro atoms. The van der Waals surface area contributed by atoms with E-state index in [1.807, 2.05) is 0 Å². The average molecular weight is 182 g/mol. The fourth-order valence-electron chi connectivity index (χ4n) is 1.10. The topological polar surface area (TPSA) is 41.1 Å². The molecule has 0 aliphatic heterocycles. The van der Waals surface area contributed by atoms with Crippen molar-refractivity contribution < 1.29 is 4.79 Å². The van der Waals surface area contributed by atoms with Crippen LogP contribution in [-0.4, -0.2) is 25.0 Å². The summed E-state index contributed by atoms with van der Waals surface area (Å²) in [6.07, 6.45) is 7.22. The number of carbonyl (C=O) groups is 1. The van der Waals surface area contributed by atoms with E-state index in [0.717, 1.165) is 12.8 Å². The zero-order valence-electron chi connectivity index (χ0n) is 8.55. The summed E-state index contributed by atoms with van der Waals surface area (Å²) in [4.78, 5) is 11.1. The standard InChI is InChI=1S/C10H18N2O/c1-5-7-9(6-2)12-8(3)10(13)11-4/h2,8-9,12H,5,7H2,1,3-4H3,(H,11,13). The van der Waals surface area contributed by atoms with E-state index in [2.05, 4.69) is 23.5 Å². The molecular weight excluding hydrogens is 164 g/mol. The van der Waals surface area contributed by atoms with Gasteiger partial charge in [0.25, 0.3) is 0 Å². The van der Waals surface area contributed by atoms with Crippen LogP contribution in [0.1, 0.15) is 26.7 Å². The van der Waals surface area contributed by atoms with Gasteiger partial charge in [-0.1, -0.05) is 19.3 Å². The molecule has 3 heteroatoms. The molecule has 0 heterocycles. The number of hydrogen-bond acceptors (Lipinski definition) is 2. The number of amides is 1. The van der Waals surface area contributed by atoms with Crippen LogP contribution in [0.5, 0.6) is 0 Å². The maximum atomic E-state index is 11.1. The first-order valence-corrected chi connectivity index (χ1v) is 4.59. The fraction of sp³-hybridized carbons (Fsp3) is 0.700. The maximum absolute atomic E-state index is 11.1. The van der Waals surface area contributed by atoms with E-state index in [1.165, 1.54) is 0 Å². The lowest BCUT2D eigenvalue weighted by Gasteiger charge is -2.17. The van der Waals surface area contributed by atoms with Gasteiger partial charge in [0, 0.05) is 7.05 Å². The first-order valence-electron chi connectivity index (χ1n) is 4.59. The van der Waals surface area contributed by atoms with E-state index >= 15 is 0 Å². The van der Waals surface area contributed by atoms with Gasteiger partial charge in [0.2, 0.25) is 5.91 Å². The van der Waals surface area contributed by atoms with Gasteiger partial charge in [-0.3, -0.25) is 10.1 Å². The zero-order valence-corrected chi connectivity index (χ0v) is 8.55. The number of nitrogens with one attached hydrogen (secondary N) is 2. The minimum Gasteiger partial charge on any atom is -0.358 e. The molecule has 0 aromatic heterocycles. The number of rotatable bonds is 5. The van der Waals surface area contributed by atoms with Crippen LogP contribution in [0, 0.1) is 12.3 Å². The molecule has 0 aromatic rings. The van der Waals surface area contributed by atoms with Crippen LogP contribution in [0.3, 0.4) is 0 Å². The monoisotopic (exact) mass is 182 g/mol. The summed E-state index contributed by atoms with van der Waals surface area (Å²) in [6, 6.07) is -0.227. The summed E-state index contributed by atoms with van der Waals surface area (Å²) in [6.45, 7) is 3.87. The fourth-order valence-corrected chi connectivity index (χ4v) is 1.10. The summed E-state index contributed by atoms with van der Waals surface area (Å²) in [5.41, 5.74) is 0. The second-order valence-electron chi connectivity index (χ2n) is 3.01. The van der Waals surface area contributed by atoms with Crippen LogP contribution in [0.25, 0.3) is 0 Å². The lowest BCUT2D eigenvalue weighted by atomic mass is 10.1. The van der Waals surface area contributed by atoms with Gasteiger partial charge >= 0.3 is 0 Å². The van der Waals surface area contributed by atoms with Gasteiger partial charge in [0.05, 0.1) is 12.1 Å². The van der Waals surface area contributed by atoms with Crippen LogP contribution in [0.15, 0.2) is 0 Å². The van der Waals surface area contributed by atoms with Gasteiger partial charge in [-0.2, -0.15) is 0 Å². The molecule has 2 atom stereocenters. The van der Waals surface area contributed by atoms with Crippen LogP contribution in [0.4, 0.5) is 0 Å². The second-order valence-corrected chi connectivity index (χ2v) is 3.01. The Morgan fingerprint density at radius 3 is 2.62 bits per heavy atom. The Hall–Kier alpha value is -1.01. The minimum atomic E-state index is -0.224. The molecule has 2 N–H and O–H groups in total. The smallest absolute Gasteiger partial charge is 0.236 e. The van der Waals surface area contributed by atoms with Crippen LogP contribution in [-0.2, 0) is 4.79 Å². The van der Waals surface area contributed by atoms with E-state index in [4.69, 9.17) is 6.42 Å². The average Bonchev–Trinajstić information content (AvgIpc) is 2.15. The van der Waals surface area contributed by atoms with Crippen molar-refractivity contribution in [1.82, 2.24) is 10.6 Å². The number of likely N-dealkylation sites (N-methyl/N-ethyl adjacent to an activating group) is 1. The Morgan fingerprint density at radius 2 is 2.23 bits per heavy atom. The highest BCUT2D eigenvalue weighted by Crippen LogP contribution is 1.96. The molecule has 0 aliphatic rings. The molecule has 74 valence electrons. The molecule has 0 radical (unpaired) electrons. The molecule has 3 nitrogen and oxygen atoms in total. The van der Waals surface area contributed by atoms with E-state index in [0.29, 0.717) is 0 Å². The second kappa shape index (κ2) is 6.50. The first kappa shape index (κ1) is 12.0. The molecule has 0 bridgehead atoms. The Balaban J connectivity index is 3.94. The van der Waals surface area contributed by atoms with E-state index < -0.39 is 0 Å². The van der Waals surface area contributed by atoms with Crippen molar-refractivity contribution in [2.45, 2.75) is 38.8 Å². The quantitative estimate of drug-likeness (QED) is 0.608. The highest BCUT2D eigenvalue weighted by molar-refractivity contribution is 5.81. The molecule has 0 rings (SSSR count). The molecule has 2 unspecified atom stereocenters. The third-order valence-corrected chi connectivity index (χ3v) is 1.87. The SMILES string of the molecule is C#CC(CCC)NC(C)C(=O)NC. The van der Waals surface area contributed by atoms with Gasteiger partial charge < -0.3 is 5.32 Å². The molecule has 13 heavy (non-hydrogen) atoms. The molecule has 0 aliphatic carbocycles. The Bertz CT molecular complexity index is 196. The molecule has 0 aromatic carbocycles. The normalized spacial score (nSPS) is 14.3. The molecule has 1 amide bonds. The molecular formula is C10H18N2O. The summed E-state index contributed by atoms with van der Waals surface area (Å²) in [7, 11) is 1.62. The van der Waals surface area contributed by atoms with Gasteiger partial charge in [0.1, 0.15) is 0 Å². The Labute approximate surface area is 80.3 Å². The van der Waals surface area contributed by atoms with Crippen LogP contribution in [0.2, 0.25) is 0 Å². The van der Waals surface area contributed by atoms with Gasteiger partial charge in [0.15, 0.2) is 0 Å². The lowest BCUT2D eigenvalue weighted by Crippen LogP contribution is -2.45. The minimum absolute atomic E-state index is 0.00250. The first-order chi connectivity index (χ1) is 6.15. The maximum Gasteiger partial charge on any atom is 0.236 e. The summed E-state index contributed by atoms with van der Waals surface area (Å²) < 4.78 is 0. The summed E-state index contributed by atoms with van der Waals surface area (Å²) in [5, 5.41) is 5.64. The van der Waals surface area contributed by atoms with E-state index in [-0.39, 0.29) is 18.0 Å². The number of terminal acetylenes is 1. The largest absolute Gasteiger partial charge is 0.358 e. The number of carbonyl (C=O) groups excluding carboxylic acids is 1. The number of hydrogen-bond donors (Lipinski definition) is 2. The lowest BCUT2D eigenvalue weighted by molar-refractivity contribution is -0.122. The summed E-state index contributed by atoms with van der Waals surface area (Å²) >= 11 is 0. The van der Waals surface area contributed by atoms with E-state index in [9.17, 15) is 4.79 Å². The third-order valence-electron chi connectivity index (χ3n) is 1.87. The van der Waals surface area contributed by atoms with Crippen molar-refractivity contribution in [3.8, 4) is 12.3 Å². The molecule has 0 saturated heterocycles. The van der Waals surface area contributed by atoms with Crippen molar-refractivity contribution in [3.05, 3.63) is 0 Å². The predicted molar refractivity (Wildman–Crippen MR) is 54.2 cm³/mol. The van der Waals surface area contributed by atoms with Crippen molar-refractivity contribution in [1.29, 1.82) is 0 Å². The van der Waals surface area contributed by atoms with Crippen molar-refractivity contribution in [2.75, 3.05) is 7.05 Å². The van der Waals surface area contributed by atoms with Crippen LogP contribution >= 0.6 is 0 Å². The summed E-state index contributed by atoms with van der Waals surface area (Å²) in [5.74, 6) is 2.59. The van der Waals surface area contributed by atoms with E-state index in [1.54, 1.807) is 14.0 Å². The van der Waals surface area contributed by atoms with Gasteiger partial charge in [-0.05, 0) is 13.3 Å².